The summed E-state index contributed by atoms with van der Waals surface area (Å²) in [6.45, 7) is -8.69. The molecule has 0 aliphatic heterocycles. The fourth-order valence-corrected chi connectivity index (χ4v) is 7.31. The molecule has 0 saturated heterocycles. The van der Waals surface area contributed by atoms with E-state index in [0.29, 0.717) is 0 Å². The standard InChI is InChI=1S/C11H6F11O4P.C10H6F9O4P.C9H6F7O4P.C8H6F5O4P/c1-3-5-24-27(23,25-6-4-2)26-11(21,22)9(16,17)7(12,13)8(14,15)10(18,19)20;1-3-5-21-24(20,22-6-4-2)23-10(18,19)8(13,14)7(11,12)9(15,16)17;1-3-5-18-21(17,19-6-4-2)20-9(15,16)7(10,11)8(12,13)14;1-3-5-15-18(14,16-6-4-2)17-8(12,13)7(9,10)11/h1-2H,5-6H2;1-2H,5-6H2;1-2H,5-6H2;1-2H,5-6H2. The summed E-state index contributed by atoms with van der Waals surface area (Å²) in [7, 11) is -22.6. The summed E-state index contributed by atoms with van der Waals surface area (Å²) in [6, 6.07) is 0. The van der Waals surface area contributed by atoms with Crippen molar-refractivity contribution in [2.24, 2.45) is 0 Å². The average Bonchev–Trinajstić information content (AvgIpc) is 0.759. The second kappa shape index (κ2) is 33.5. The van der Waals surface area contributed by atoms with E-state index in [9.17, 15) is 159 Å². The molecule has 0 bridgehead atoms. The quantitative estimate of drug-likeness (QED) is 0.0376. The van der Waals surface area contributed by atoms with Gasteiger partial charge in [-0.3, -0.25) is 36.2 Å². The first kappa shape index (κ1) is 91.1. The van der Waals surface area contributed by atoms with Crippen LogP contribution >= 0.6 is 31.3 Å². The molecule has 0 atom stereocenters. The molecule has 16 nitrogen and oxygen atoms in total. The van der Waals surface area contributed by atoms with Gasteiger partial charge in [0, 0.05) is 0 Å². The number of rotatable bonds is 30. The van der Waals surface area contributed by atoms with Gasteiger partial charge in [-0.1, -0.05) is 47.4 Å². The normalized spacial score (nSPS) is 13.9. The van der Waals surface area contributed by atoms with Gasteiger partial charge >= 0.3 is 116 Å². The SMILES string of the molecule is C#CCOP(=O)(OCC#C)OC(F)(F)C(F)(F)C(F)(F)C(F)(F)C(F)(F)F.C#CCOP(=O)(OCC#C)OC(F)(F)C(F)(F)C(F)(F)C(F)(F)F.C#CCOP(=O)(OCC#C)OC(F)(F)C(F)(F)C(F)(F)F.C#CCOP(=O)(OCC#C)OC(F)(F)C(F)(F)F. The Labute approximate surface area is 480 Å². The van der Waals surface area contributed by atoms with Gasteiger partial charge in [-0.15, -0.1) is 51.4 Å². The highest BCUT2D eigenvalue weighted by molar-refractivity contribution is 7.49. The lowest BCUT2D eigenvalue weighted by atomic mass is 10.0. The number of terminal acetylenes is 8. The summed E-state index contributed by atoms with van der Waals surface area (Å²) in [5, 5.41) is 0. The van der Waals surface area contributed by atoms with Crippen molar-refractivity contribution in [3.05, 3.63) is 0 Å². The second-order valence-electron chi connectivity index (χ2n) is 13.5. The minimum absolute atomic E-state index is 0.865. The number of hydrogen-bond acceptors (Lipinski definition) is 16. The Balaban J connectivity index is -0.000000553. The second-order valence-corrected chi connectivity index (χ2v) is 19.9. The number of hydrogen-bond donors (Lipinski definition) is 0. The van der Waals surface area contributed by atoms with Crippen LogP contribution in [0.15, 0.2) is 0 Å². The summed E-state index contributed by atoms with van der Waals surface area (Å²) >= 11 is 0. The Morgan fingerprint density at radius 2 is 0.356 bits per heavy atom. The average molecular weight is 1470 g/mol. The van der Waals surface area contributed by atoms with Gasteiger partial charge in [-0.2, -0.15) is 140 Å². The van der Waals surface area contributed by atoms with Gasteiger partial charge in [-0.25, -0.2) is 36.4 Å². The van der Waals surface area contributed by atoms with Crippen molar-refractivity contribution in [3.8, 4) is 98.8 Å². The smallest absolute Gasteiger partial charge is 0.274 e. The molecule has 0 aliphatic rings. The monoisotopic (exact) mass is 1470 g/mol. The molecule has 0 saturated carbocycles. The first-order chi connectivity index (χ1) is 39.8. The molecule has 90 heavy (non-hydrogen) atoms. The van der Waals surface area contributed by atoms with E-state index < -0.39 is 169 Å². The van der Waals surface area contributed by atoms with Crippen molar-refractivity contribution in [1.29, 1.82) is 0 Å². The highest BCUT2D eigenvalue weighted by atomic mass is 31.2. The Morgan fingerprint density at radius 1 is 0.211 bits per heavy atom. The van der Waals surface area contributed by atoms with Crippen molar-refractivity contribution < 1.29 is 213 Å². The Bertz CT molecular complexity index is 2800. The minimum Gasteiger partial charge on any atom is -0.274 e. The van der Waals surface area contributed by atoms with Crippen molar-refractivity contribution in [2.75, 3.05) is 52.9 Å². The molecule has 0 amide bonds. The first-order valence-electron chi connectivity index (χ1n) is 19.7. The van der Waals surface area contributed by atoms with Crippen LogP contribution in [0.3, 0.4) is 0 Å². The first-order valence-corrected chi connectivity index (χ1v) is 25.6. The zero-order chi connectivity index (χ0) is 72.8. The Morgan fingerprint density at radius 3 is 0.511 bits per heavy atom. The molecule has 0 spiro atoms. The maximum atomic E-state index is 13.4. The lowest BCUT2D eigenvalue weighted by Gasteiger charge is -2.37. The lowest BCUT2D eigenvalue weighted by molar-refractivity contribution is -0.446. The van der Waals surface area contributed by atoms with Crippen LogP contribution in [0.25, 0.3) is 0 Å². The zero-order valence-corrected chi connectivity index (χ0v) is 45.3. The molecule has 0 aromatic carbocycles. The molecular formula is C38H24F32O16P4. The van der Waals surface area contributed by atoms with E-state index in [1.165, 1.54) is 23.7 Å². The van der Waals surface area contributed by atoms with E-state index in [4.69, 9.17) is 0 Å². The number of halogens is 32. The topological polar surface area (TPSA) is 179 Å². The zero-order valence-electron chi connectivity index (χ0n) is 41.7. The molecule has 516 valence electrons. The maximum absolute atomic E-state index is 13.4. The van der Waals surface area contributed by atoms with Crippen LogP contribution in [-0.2, 0) is 72.5 Å². The summed E-state index contributed by atoms with van der Waals surface area (Å²) in [5.41, 5.74) is 0. The van der Waals surface area contributed by atoms with Crippen molar-refractivity contribution in [2.45, 2.75) is 84.7 Å². The maximum Gasteiger partial charge on any atom is 0.483 e. The van der Waals surface area contributed by atoms with Crippen LogP contribution in [0, 0.1) is 98.8 Å². The molecule has 52 heteroatoms. The van der Waals surface area contributed by atoms with Gasteiger partial charge in [0.2, 0.25) is 0 Å². The van der Waals surface area contributed by atoms with Gasteiger partial charge in [0.1, 0.15) is 52.9 Å². The molecule has 0 fully saturated rings. The fraction of sp³-hybridized carbons (Fsp3) is 0.579. The van der Waals surface area contributed by atoms with Crippen LogP contribution in [0.2, 0.25) is 0 Å². The molecular weight excluding hydrogens is 1440 g/mol. The van der Waals surface area contributed by atoms with Gasteiger partial charge in [-0.05, 0) is 0 Å². The van der Waals surface area contributed by atoms with E-state index in [2.05, 4.69) is 106 Å². The van der Waals surface area contributed by atoms with Crippen molar-refractivity contribution in [3.63, 3.8) is 0 Å². The molecule has 0 aromatic heterocycles. The van der Waals surface area contributed by atoms with Crippen molar-refractivity contribution in [1.82, 2.24) is 0 Å². The Hall–Kier alpha value is -5.32. The van der Waals surface area contributed by atoms with Gasteiger partial charge in [0.05, 0.1) is 0 Å². The Kier molecular flexibility index (Phi) is 33.9. The highest BCUT2D eigenvalue weighted by Gasteiger charge is 2.89. The summed E-state index contributed by atoms with van der Waals surface area (Å²) in [6.07, 6.45) is -15.9. The van der Waals surface area contributed by atoms with Crippen LogP contribution in [0.1, 0.15) is 0 Å². The highest BCUT2D eigenvalue weighted by Crippen LogP contribution is 2.65. The third-order valence-corrected chi connectivity index (χ3v) is 12.4. The summed E-state index contributed by atoms with van der Waals surface area (Å²) in [4.78, 5) is 0. The van der Waals surface area contributed by atoms with E-state index in [1.54, 1.807) is 23.7 Å². The molecule has 0 unspecified atom stereocenters. The summed E-state index contributed by atoms with van der Waals surface area (Å²) in [5.74, 6) is -31.6. The largest absolute Gasteiger partial charge is 0.483 e. The van der Waals surface area contributed by atoms with Crippen molar-refractivity contribution >= 4 is 31.3 Å². The van der Waals surface area contributed by atoms with E-state index in [1.807, 2.05) is 0 Å². The summed E-state index contributed by atoms with van der Waals surface area (Å²) < 4.78 is 489. The van der Waals surface area contributed by atoms with Crippen LogP contribution in [0.4, 0.5) is 140 Å². The molecule has 0 aromatic rings. The van der Waals surface area contributed by atoms with E-state index in [0.717, 1.165) is 0 Å². The van der Waals surface area contributed by atoms with Gasteiger partial charge < -0.3 is 0 Å². The fourth-order valence-electron chi connectivity index (χ4n) is 3.16. The predicted molar refractivity (Wildman–Crippen MR) is 227 cm³/mol. The van der Waals surface area contributed by atoms with Crippen LogP contribution < -0.4 is 0 Å². The minimum atomic E-state index is -7.76. The van der Waals surface area contributed by atoms with Gasteiger partial charge in [0.15, 0.2) is 0 Å². The lowest BCUT2D eigenvalue weighted by Crippen LogP contribution is -2.66. The van der Waals surface area contributed by atoms with Crippen LogP contribution in [-0.4, -0.2) is 138 Å². The van der Waals surface area contributed by atoms with E-state index in [-0.39, 0.29) is 0 Å². The molecule has 0 rings (SSSR count). The number of phosphoric acid groups is 4. The van der Waals surface area contributed by atoms with Crippen LogP contribution in [0.5, 0.6) is 0 Å². The molecule has 0 radical (unpaired) electrons. The third-order valence-electron chi connectivity index (χ3n) is 7.03. The molecule has 0 aliphatic carbocycles. The number of alkyl halides is 32. The molecule has 0 heterocycles. The van der Waals surface area contributed by atoms with Gasteiger partial charge in [0.25, 0.3) is 0 Å². The predicted octanol–water partition coefficient (Wildman–Crippen LogP) is 14.1. The molecule has 0 N–H and O–H groups in total. The number of phosphoric ester groups is 4. The van der Waals surface area contributed by atoms with E-state index >= 15 is 0 Å². The third kappa shape index (κ3) is 25.0.